The summed E-state index contributed by atoms with van der Waals surface area (Å²) in [5, 5.41) is 0.706. The van der Waals surface area contributed by atoms with Crippen LogP contribution in [0, 0.1) is 5.82 Å². The second kappa shape index (κ2) is 8.42. The number of hydrogen-bond acceptors (Lipinski definition) is 5. The number of benzene rings is 2. The molecule has 31 heavy (non-hydrogen) atoms. The fourth-order valence-electron chi connectivity index (χ4n) is 3.43. The van der Waals surface area contributed by atoms with E-state index in [2.05, 4.69) is 4.99 Å². The van der Waals surface area contributed by atoms with Gasteiger partial charge in [-0.15, -0.1) is 0 Å². The van der Waals surface area contributed by atoms with Gasteiger partial charge >= 0.3 is 5.97 Å². The molecule has 0 bridgehead atoms. The van der Waals surface area contributed by atoms with Crippen molar-refractivity contribution >= 4 is 46.6 Å². The van der Waals surface area contributed by atoms with Crippen molar-refractivity contribution in [2.75, 3.05) is 7.11 Å². The van der Waals surface area contributed by atoms with E-state index in [1.807, 2.05) is 0 Å². The summed E-state index contributed by atoms with van der Waals surface area (Å²) in [6.07, 6.45) is 1.40. The van der Waals surface area contributed by atoms with Crippen molar-refractivity contribution in [1.82, 2.24) is 4.57 Å². The molecule has 1 aliphatic heterocycles. The monoisotopic (exact) mass is 476 g/mol. The lowest BCUT2D eigenvalue weighted by molar-refractivity contribution is -0.136. The van der Waals surface area contributed by atoms with E-state index in [0.717, 1.165) is 11.3 Å². The van der Waals surface area contributed by atoms with E-state index in [0.29, 0.717) is 21.1 Å². The van der Waals surface area contributed by atoms with Crippen molar-refractivity contribution in [3.8, 4) is 0 Å². The number of aromatic nitrogens is 1. The second-order valence-corrected chi connectivity index (χ2v) is 8.61. The molecule has 2 aromatic carbocycles. The quantitative estimate of drug-likeness (QED) is 0.539. The smallest absolute Gasteiger partial charge is 0.338 e. The molecule has 0 N–H and O–H groups in total. The molecule has 1 atom stereocenters. The van der Waals surface area contributed by atoms with Crippen LogP contribution in [0.3, 0.4) is 0 Å². The maximum absolute atomic E-state index is 14.3. The molecule has 5 nitrogen and oxygen atoms in total. The molecular weight excluding hydrogens is 462 g/mol. The van der Waals surface area contributed by atoms with E-state index >= 15 is 0 Å². The summed E-state index contributed by atoms with van der Waals surface area (Å²) in [4.78, 5) is 30.8. The molecule has 3 aromatic rings. The minimum absolute atomic E-state index is 0.112. The lowest BCUT2D eigenvalue weighted by Gasteiger charge is -2.24. The van der Waals surface area contributed by atoms with E-state index in [4.69, 9.17) is 27.9 Å². The Kier molecular flexibility index (Phi) is 5.83. The molecule has 2 heterocycles. The fraction of sp³-hybridized carbons (Fsp3) is 0.136. The number of rotatable bonds is 3. The molecule has 4 rings (SSSR count). The Morgan fingerprint density at radius 3 is 2.58 bits per heavy atom. The van der Waals surface area contributed by atoms with Crippen LogP contribution in [0.5, 0.6) is 0 Å². The Bertz CT molecular complexity index is 1390. The zero-order chi connectivity index (χ0) is 22.3. The number of methoxy groups -OCH3 is 1. The number of ether oxygens (including phenoxy) is 1. The number of carbonyl (C=O) groups excluding carboxylic acids is 1. The van der Waals surface area contributed by atoms with Crippen LogP contribution in [0.25, 0.3) is 6.08 Å². The van der Waals surface area contributed by atoms with Gasteiger partial charge in [-0.05, 0) is 42.8 Å². The number of thiazole rings is 1. The average molecular weight is 477 g/mol. The molecule has 0 unspecified atom stereocenters. The maximum atomic E-state index is 14.3. The maximum Gasteiger partial charge on any atom is 0.338 e. The van der Waals surface area contributed by atoms with Crippen molar-refractivity contribution in [3.05, 3.63) is 100 Å². The number of carbonyl (C=O) groups is 1. The molecule has 0 fully saturated rings. The van der Waals surface area contributed by atoms with Crippen LogP contribution in [-0.2, 0) is 9.53 Å². The van der Waals surface area contributed by atoms with Crippen LogP contribution >= 0.6 is 34.5 Å². The van der Waals surface area contributed by atoms with E-state index in [9.17, 15) is 14.0 Å². The lowest BCUT2D eigenvalue weighted by atomic mass is 9.96. The third kappa shape index (κ3) is 3.84. The van der Waals surface area contributed by atoms with Gasteiger partial charge in [0.05, 0.1) is 34.0 Å². The molecule has 1 aliphatic rings. The SMILES string of the molecule is COC(=O)C1=C(C)N=c2s/c(=C\c3c(F)cccc3Cl)c(=O)n2[C@H]1c1ccc(Cl)cc1. The molecule has 0 radical (unpaired) electrons. The summed E-state index contributed by atoms with van der Waals surface area (Å²) < 4.78 is 20.9. The third-order valence-corrected chi connectivity index (χ3v) is 6.45. The highest BCUT2D eigenvalue weighted by Crippen LogP contribution is 2.31. The van der Waals surface area contributed by atoms with Crippen LogP contribution in [-0.4, -0.2) is 17.6 Å². The van der Waals surface area contributed by atoms with E-state index in [1.165, 1.54) is 29.9 Å². The molecular formula is C22H15Cl2FN2O3S. The first-order chi connectivity index (χ1) is 14.8. The van der Waals surface area contributed by atoms with Gasteiger partial charge in [0.15, 0.2) is 4.80 Å². The number of halogens is 3. The van der Waals surface area contributed by atoms with Crippen LogP contribution in [0.4, 0.5) is 4.39 Å². The van der Waals surface area contributed by atoms with Gasteiger partial charge < -0.3 is 4.74 Å². The van der Waals surface area contributed by atoms with Gasteiger partial charge in [0, 0.05) is 10.6 Å². The van der Waals surface area contributed by atoms with Gasteiger partial charge in [-0.3, -0.25) is 9.36 Å². The first-order valence-electron chi connectivity index (χ1n) is 9.12. The Labute approximate surface area is 190 Å². The lowest BCUT2D eigenvalue weighted by Crippen LogP contribution is -2.39. The zero-order valence-electron chi connectivity index (χ0n) is 16.4. The molecule has 0 spiro atoms. The van der Waals surface area contributed by atoms with Crippen LogP contribution in [0.15, 0.2) is 63.5 Å². The average Bonchev–Trinajstić information content (AvgIpc) is 3.04. The number of fused-ring (bicyclic) bond motifs is 1. The van der Waals surface area contributed by atoms with Gasteiger partial charge in [-0.1, -0.05) is 52.7 Å². The van der Waals surface area contributed by atoms with Crippen LogP contribution < -0.4 is 14.9 Å². The highest BCUT2D eigenvalue weighted by atomic mass is 35.5. The van der Waals surface area contributed by atoms with Gasteiger partial charge in [-0.2, -0.15) is 0 Å². The van der Waals surface area contributed by atoms with Gasteiger partial charge in [0.25, 0.3) is 5.56 Å². The molecule has 0 saturated carbocycles. The molecule has 0 amide bonds. The highest BCUT2D eigenvalue weighted by molar-refractivity contribution is 7.07. The number of esters is 1. The normalized spacial score (nSPS) is 16.2. The predicted molar refractivity (Wildman–Crippen MR) is 119 cm³/mol. The van der Waals surface area contributed by atoms with Crippen molar-refractivity contribution in [3.63, 3.8) is 0 Å². The van der Waals surface area contributed by atoms with Crippen molar-refractivity contribution in [1.29, 1.82) is 0 Å². The van der Waals surface area contributed by atoms with Crippen LogP contribution in [0.1, 0.15) is 24.1 Å². The van der Waals surface area contributed by atoms with E-state index in [1.54, 1.807) is 37.3 Å². The predicted octanol–water partition coefficient (Wildman–Crippen LogP) is 3.85. The Morgan fingerprint density at radius 1 is 1.23 bits per heavy atom. The van der Waals surface area contributed by atoms with E-state index < -0.39 is 23.4 Å². The Balaban J connectivity index is 2.01. The zero-order valence-corrected chi connectivity index (χ0v) is 18.7. The summed E-state index contributed by atoms with van der Waals surface area (Å²) in [5.74, 6) is -1.13. The summed E-state index contributed by atoms with van der Waals surface area (Å²) in [5.41, 5.74) is 1.03. The molecule has 1 aromatic heterocycles. The summed E-state index contributed by atoms with van der Waals surface area (Å²) in [6, 6.07) is 10.4. The summed E-state index contributed by atoms with van der Waals surface area (Å²) in [6.45, 7) is 1.68. The van der Waals surface area contributed by atoms with Crippen LogP contribution in [0.2, 0.25) is 10.0 Å². The number of nitrogens with zero attached hydrogens (tertiary/aromatic N) is 2. The van der Waals surface area contributed by atoms with Gasteiger partial charge in [-0.25, -0.2) is 14.2 Å². The Morgan fingerprint density at radius 2 is 1.94 bits per heavy atom. The van der Waals surface area contributed by atoms with Crippen molar-refractivity contribution in [2.24, 2.45) is 4.99 Å². The van der Waals surface area contributed by atoms with Crippen molar-refractivity contribution < 1.29 is 13.9 Å². The largest absolute Gasteiger partial charge is 0.466 e. The number of hydrogen-bond donors (Lipinski definition) is 0. The molecule has 0 saturated heterocycles. The van der Waals surface area contributed by atoms with Crippen molar-refractivity contribution in [2.45, 2.75) is 13.0 Å². The molecule has 0 aliphatic carbocycles. The minimum atomic E-state index is -0.765. The van der Waals surface area contributed by atoms with E-state index in [-0.39, 0.29) is 20.7 Å². The Hall–Kier alpha value is -2.74. The van der Waals surface area contributed by atoms with Gasteiger partial charge in [0.2, 0.25) is 0 Å². The topological polar surface area (TPSA) is 60.7 Å². The highest BCUT2D eigenvalue weighted by Gasteiger charge is 2.33. The summed E-state index contributed by atoms with van der Waals surface area (Å²) >= 11 is 13.2. The number of allylic oxidation sites excluding steroid dienone is 1. The fourth-order valence-corrected chi connectivity index (χ4v) is 4.80. The third-order valence-electron chi connectivity index (χ3n) is 4.89. The molecule has 158 valence electrons. The molecule has 9 heteroatoms. The first kappa shape index (κ1) is 21.5. The second-order valence-electron chi connectivity index (χ2n) is 6.76. The first-order valence-corrected chi connectivity index (χ1v) is 10.7. The minimum Gasteiger partial charge on any atom is -0.466 e. The standard InChI is InChI=1S/C22H15Cl2FN2O3S/c1-11-18(21(29)30-2)19(12-6-8-13(23)9-7-12)27-20(28)17(31-22(27)26-11)10-14-15(24)4-3-5-16(14)25/h3-10,19H,1-2H3/b17-10-/t19-/m0/s1. The summed E-state index contributed by atoms with van der Waals surface area (Å²) in [7, 11) is 1.27. The van der Waals surface area contributed by atoms with Gasteiger partial charge in [0.1, 0.15) is 5.82 Å².